The van der Waals surface area contributed by atoms with Crippen molar-refractivity contribution in [3.63, 3.8) is 0 Å². The minimum atomic E-state index is 0.111. The lowest BCUT2D eigenvalue weighted by Gasteiger charge is -2.16. The van der Waals surface area contributed by atoms with E-state index >= 15 is 0 Å². The number of rotatable bonds is 2. The Morgan fingerprint density at radius 1 is 1.27 bits per heavy atom. The molecule has 1 aliphatic heterocycles. The normalized spacial score (nSPS) is 16.4. The Labute approximate surface area is 90.7 Å². The Morgan fingerprint density at radius 3 is 2.67 bits per heavy atom. The van der Waals surface area contributed by atoms with E-state index in [4.69, 9.17) is 0 Å². The Balaban J connectivity index is 2.31. The molecule has 0 saturated carbocycles. The van der Waals surface area contributed by atoms with Crippen molar-refractivity contribution in [2.24, 2.45) is 5.92 Å². The zero-order chi connectivity index (χ0) is 11.0. The van der Waals surface area contributed by atoms with Crippen LogP contribution in [0.3, 0.4) is 0 Å². The number of amides is 1. The van der Waals surface area contributed by atoms with Crippen LogP contribution in [-0.4, -0.2) is 5.91 Å². The summed E-state index contributed by atoms with van der Waals surface area (Å²) in [5.41, 5.74) is 3.46. The number of carbonyl (C=O) groups is 1. The van der Waals surface area contributed by atoms with E-state index in [1.165, 1.54) is 5.56 Å². The third-order valence-corrected chi connectivity index (χ3v) is 3.28. The zero-order valence-corrected chi connectivity index (χ0v) is 9.50. The molecule has 2 heteroatoms. The van der Waals surface area contributed by atoms with Gasteiger partial charge in [-0.1, -0.05) is 32.9 Å². The Hall–Kier alpha value is -1.31. The molecule has 1 amide bonds. The van der Waals surface area contributed by atoms with Crippen LogP contribution in [0.25, 0.3) is 0 Å². The molecule has 1 aromatic carbocycles. The highest BCUT2D eigenvalue weighted by Crippen LogP contribution is 2.30. The molecule has 1 aromatic rings. The Bertz CT molecular complexity index is 396. The highest BCUT2D eigenvalue weighted by molar-refractivity contribution is 5.99. The first-order chi connectivity index (χ1) is 7.08. The summed E-state index contributed by atoms with van der Waals surface area (Å²) in [6, 6.07) is 6.31. The SMILES string of the molecule is CC(C)C(C)c1ccc2c(c1)CC(=O)N2. The number of hydrogen-bond acceptors (Lipinski definition) is 1. The van der Waals surface area contributed by atoms with E-state index in [-0.39, 0.29) is 5.91 Å². The van der Waals surface area contributed by atoms with Crippen LogP contribution in [0, 0.1) is 5.92 Å². The molecule has 0 radical (unpaired) electrons. The quantitative estimate of drug-likeness (QED) is 0.786. The molecule has 0 spiro atoms. The maximum Gasteiger partial charge on any atom is 0.228 e. The van der Waals surface area contributed by atoms with Gasteiger partial charge in [-0.3, -0.25) is 4.79 Å². The molecule has 15 heavy (non-hydrogen) atoms. The van der Waals surface area contributed by atoms with Gasteiger partial charge in [0.15, 0.2) is 0 Å². The highest BCUT2D eigenvalue weighted by Gasteiger charge is 2.19. The average Bonchev–Trinajstić information content (AvgIpc) is 2.55. The van der Waals surface area contributed by atoms with E-state index in [9.17, 15) is 4.79 Å². The molecular formula is C13H17NO. The van der Waals surface area contributed by atoms with Crippen LogP contribution >= 0.6 is 0 Å². The molecule has 0 bridgehead atoms. The maximum absolute atomic E-state index is 11.2. The van der Waals surface area contributed by atoms with Crippen molar-refractivity contribution in [1.82, 2.24) is 0 Å². The summed E-state index contributed by atoms with van der Waals surface area (Å²) in [5, 5.41) is 2.85. The molecule has 1 N–H and O–H groups in total. The van der Waals surface area contributed by atoms with E-state index in [0.717, 1.165) is 11.3 Å². The van der Waals surface area contributed by atoms with Gasteiger partial charge in [-0.05, 0) is 29.0 Å². The number of carbonyl (C=O) groups excluding carboxylic acids is 1. The fourth-order valence-corrected chi connectivity index (χ4v) is 1.92. The third kappa shape index (κ3) is 1.89. The number of nitrogens with one attached hydrogen (secondary N) is 1. The summed E-state index contributed by atoms with van der Waals surface area (Å²) in [6.07, 6.45) is 0.536. The number of anilines is 1. The highest BCUT2D eigenvalue weighted by atomic mass is 16.1. The maximum atomic E-state index is 11.2. The van der Waals surface area contributed by atoms with Crippen molar-refractivity contribution in [2.45, 2.75) is 33.1 Å². The van der Waals surface area contributed by atoms with Crippen molar-refractivity contribution in [3.8, 4) is 0 Å². The van der Waals surface area contributed by atoms with E-state index < -0.39 is 0 Å². The summed E-state index contributed by atoms with van der Waals surface area (Å²) < 4.78 is 0. The third-order valence-electron chi connectivity index (χ3n) is 3.28. The minimum absolute atomic E-state index is 0.111. The van der Waals surface area contributed by atoms with Gasteiger partial charge in [0.05, 0.1) is 6.42 Å². The average molecular weight is 203 g/mol. The van der Waals surface area contributed by atoms with Gasteiger partial charge in [0, 0.05) is 5.69 Å². The van der Waals surface area contributed by atoms with Gasteiger partial charge in [-0.2, -0.15) is 0 Å². The zero-order valence-electron chi connectivity index (χ0n) is 9.50. The van der Waals surface area contributed by atoms with Crippen LogP contribution in [0.5, 0.6) is 0 Å². The first kappa shape index (κ1) is 10.2. The van der Waals surface area contributed by atoms with Crippen molar-refractivity contribution in [1.29, 1.82) is 0 Å². The van der Waals surface area contributed by atoms with Gasteiger partial charge in [-0.25, -0.2) is 0 Å². The van der Waals surface area contributed by atoms with Gasteiger partial charge in [0.1, 0.15) is 0 Å². The predicted molar refractivity (Wildman–Crippen MR) is 62.0 cm³/mol. The minimum Gasteiger partial charge on any atom is -0.326 e. The van der Waals surface area contributed by atoms with E-state index in [1.54, 1.807) is 0 Å². The first-order valence-corrected chi connectivity index (χ1v) is 5.50. The molecule has 0 aromatic heterocycles. The van der Waals surface area contributed by atoms with Crippen molar-refractivity contribution < 1.29 is 4.79 Å². The van der Waals surface area contributed by atoms with E-state index in [0.29, 0.717) is 18.3 Å². The fraction of sp³-hybridized carbons (Fsp3) is 0.462. The van der Waals surface area contributed by atoms with Crippen LogP contribution < -0.4 is 5.32 Å². The van der Waals surface area contributed by atoms with Crippen LogP contribution in [0.2, 0.25) is 0 Å². The number of benzene rings is 1. The second kappa shape index (κ2) is 3.69. The summed E-state index contributed by atoms with van der Waals surface area (Å²) in [7, 11) is 0. The van der Waals surface area contributed by atoms with Crippen LogP contribution in [0.1, 0.15) is 37.8 Å². The molecule has 2 rings (SSSR count). The summed E-state index contributed by atoms with van der Waals surface area (Å²) in [5.74, 6) is 1.29. The molecular weight excluding hydrogens is 186 g/mol. The lowest BCUT2D eigenvalue weighted by molar-refractivity contribution is -0.115. The van der Waals surface area contributed by atoms with E-state index in [2.05, 4.69) is 38.2 Å². The largest absolute Gasteiger partial charge is 0.326 e. The van der Waals surface area contributed by atoms with Crippen molar-refractivity contribution in [2.75, 3.05) is 5.32 Å². The molecule has 1 heterocycles. The van der Waals surface area contributed by atoms with Crippen LogP contribution in [0.15, 0.2) is 18.2 Å². The molecule has 1 atom stereocenters. The lowest BCUT2D eigenvalue weighted by atomic mass is 9.89. The molecule has 1 unspecified atom stereocenters. The topological polar surface area (TPSA) is 29.1 Å². The molecule has 1 aliphatic rings. The van der Waals surface area contributed by atoms with Crippen LogP contribution in [0.4, 0.5) is 5.69 Å². The Kier molecular flexibility index (Phi) is 2.51. The van der Waals surface area contributed by atoms with Crippen molar-refractivity contribution in [3.05, 3.63) is 29.3 Å². The van der Waals surface area contributed by atoms with E-state index in [1.807, 2.05) is 6.07 Å². The van der Waals surface area contributed by atoms with Crippen molar-refractivity contribution >= 4 is 11.6 Å². The summed E-state index contributed by atoms with van der Waals surface area (Å²) in [6.45, 7) is 6.68. The fourth-order valence-electron chi connectivity index (χ4n) is 1.92. The lowest BCUT2D eigenvalue weighted by Crippen LogP contribution is -2.03. The predicted octanol–water partition coefficient (Wildman–Crippen LogP) is 2.94. The first-order valence-electron chi connectivity index (χ1n) is 5.50. The number of fused-ring (bicyclic) bond motifs is 1. The monoisotopic (exact) mass is 203 g/mol. The standard InChI is InChI=1S/C13H17NO/c1-8(2)9(3)10-4-5-12-11(6-10)7-13(15)14-12/h4-6,8-9H,7H2,1-3H3,(H,14,15). The second-order valence-electron chi connectivity index (χ2n) is 4.67. The molecule has 80 valence electrons. The smallest absolute Gasteiger partial charge is 0.228 e. The van der Waals surface area contributed by atoms with Gasteiger partial charge in [-0.15, -0.1) is 0 Å². The summed E-state index contributed by atoms with van der Waals surface area (Å²) in [4.78, 5) is 11.2. The molecule has 0 fully saturated rings. The van der Waals surface area contributed by atoms with Gasteiger partial charge < -0.3 is 5.32 Å². The van der Waals surface area contributed by atoms with Gasteiger partial charge >= 0.3 is 0 Å². The van der Waals surface area contributed by atoms with Gasteiger partial charge in [0.2, 0.25) is 5.91 Å². The van der Waals surface area contributed by atoms with Gasteiger partial charge in [0.25, 0.3) is 0 Å². The Morgan fingerprint density at radius 2 is 2.00 bits per heavy atom. The molecule has 0 aliphatic carbocycles. The van der Waals surface area contributed by atoms with Crippen LogP contribution in [-0.2, 0) is 11.2 Å². The summed E-state index contributed by atoms with van der Waals surface area (Å²) >= 11 is 0. The molecule has 0 saturated heterocycles. The number of hydrogen-bond donors (Lipinski definition) is 1. The molecule has 2 nitrogen and oxygen atoms in total. The second-order valence-corrected chi connectivity index (χ2v) is 4.67.